The molecule has 1 aliphatic carbocycles. The lowest BCUT2D eigenvalue weighted by Gasteiger charge is -2.35. The summed E-state index contributed by atoms with van der Waals surface area (Å²) in [5.41, 5.74) is 6.44. The van der Waals surface area contributed by atoms with Crippen LogP contribution in [-0.2, 0) is 16.0 Å². The molecule has 4 heterocycles. The highest BCUT2D eigenvalue weighted by atomic mass is 16.5. The van der Waals surface area contributed by atoms with Crippen LogP contribution >= 0.6 is 0 Å². The second kappa shape index (κ2) is 15.8. The SMILES string of the molecule is O=C1CCC(N2C(=O)c3ccc(OCCN4CCN(c5ccc(Oc6ccc(C7c8ccc(O)cc8CCC7c7ccccc7)cc6)nc5)CC4)cc3C2=O)C(=O)N1. The fraction of sp³-hybridized carbons (Fsp3) is 0.283. The number of piperazine rings is 1. The molecule has 2 N–H and O–H groups in total. The summed E-state index contributed by atoms with van der Waals surface area (Å²) in [6, 6.07) is 32.5. The minimum atomic E-state index is -1.00. The summed E-state index contributed by atoms with van der Waals surface area (Å²) in [7, 11) is 0. The quantitative estimate of drug-likeness (QED) is 0.161. The van der Waals surface area contributed by atoms with Gasteiger partial charge in [-0.05, 0) is 96.0 Å². The lowest BCUT2D eigenvalue weighted by molar-refractivity contribution is -0.136. The number of aryl methyl sites for hydroxylation is 1. The summed E-state index contributed by atoms with van der Waals surface area (Å²) in [5.74, 6) is 0.377. The van der Waals surface area contributed by atoms with Gasteiger partial charge in [-0.15, -0.1) is 0 Å². The van der Waals surface area contributed by atoms with Crippen LogP contribution in [0.4, 0.5) is 5.69 Å². The van der Waals surface area contributed by atoms with E-state index in [1.165, 1.54) is 22.3 Å². The molecule has 3 aliphatic heterocycles. The van der Waals surface area contributed by atoms with Crippen molar-refractivity contribution in [3.05, 3.63) is 143 Å². The van der Waals surface area contributed by atoms with E-state index in [0.29, 0.717) is 42.2 Å². The van der Waals surface area contributed by atoms with Crippen LogP contribution in [-0.4, -0.2) is 88.9 Å². The maximum absolute atomic E-state index is 13.2. The molecule has 4 amide bonds. The van der Waals surface area contributed by atoms with Gasteiger partial charge in [-0.1, -0.05) is 48.5 Å². The number of pyridine rings is 1. The molecule has 2 fully saturated rings. The number of fused-ring (bicyclic) bond motifs is 2. The monoisotopic (exact) mass is 777 g/mol. The summed E-state index contributed by atoms with van der Waals surface area (Å²) < 4.78 is 12.2. The molecule has 3 atom stereocenters. The van der Waals surface area contributed by atoms with Gasteiger partial charge in [0.05, 0.1) is 23.0 Å². The largest absolute Gasteiger partial charge is 0.508 e. The summed E-state index contributed by atoms with van der Waals surface area (Å²) in [6.45, 7) is 4.41. The Morgan fingerprint density at radius 1 is 0.741 bits per heavy atom. The molecule has 0 bridgehead atoms. The number of phenols is 1. The number of piperidine rings is 1. The highest BCUT2D eigenvalue weighted by molar-refractivity contribution is 6.23. The van der Waals surface area contributed by atoms with Crippen molar-refractivity contribution in [1.82, 2.24) is 20.1 Å². The number of carbonyl (C=O) groups excluding carboxylic acids is 4. The molecule has 4 aromatic carbocycles. The van der Waals surface area contributed by atoms with Crippen LogP contribution in [0.5, 0.6) is 23.1 Å². The Morgan fingerprint density at radius 2 is 1.52 bits per heavy atom. The average molecular weight is 778 g/mol. The van der Waals surface area contributed by atoms with E-state index >= 15 is 0 Å². The summed E-state index contributed by atoms with van der Waals surface area (Å²) >= 11 is 0. The number of hydrogen-bond donors (Lipinski definition) is 2. The summed E-state index contributed by atoms with van der Waals surface area (Å²) in [4.78, 5) is 60.3. The van der Waals surface area contributed by atoms with Gasteiger partial charge in [-0.25, -0.2) is 4.98 Å². The van der Waals surface area contributed by atoms with E-state index in [1.807, 2.05) is 36.5 Å². The molecule has 4 aliphatic rings. The molecule has 294 valence electrons. The standard InChI is InChI=1S/C46H43N5O7/c52-33-10-15-37-31(26-33)8-14-36(29-4-2-1-3-5-29)43(37)30-6-11-34(12-7-30)58-42-19-9-32(28-47-42)50-22-20-49(21-23-50)24-25-57-35-13-16-38-39(27-35)46(56)51(45(38)55)40-17-18-41(53)48-44(40)54/h1-7,9-13,15-16,19,26-28,36,40,43,52H,8,14,17-18,20-25H2,(H,48,53,54). The van der Waals surface area contributed by atoms with E-state index in [1.54, 1.807) is 24.3 Å². The van der Waals surface area contributed by atoms with Gasteiger partial charge in [-0.3, -0.25) is 34.3 Å². The number of aromatic hydroxyl groups is 1. The van der Waals surface area contributed by atoms with Gasteiger partial charge in [-0.2, -0.15) is 0 Å². The highest BCUT2D eigenvalue weighted by Gasteiger charge is 2.44. The molecule has 58 heavy (non-hydrogen) atoms. The lowest BCUT2D eigenvalue weighted by atomic mass is 9.69. The van der Waals surface area contributed by atoms with Crippen molar-refractivity contribution in [3.8, 4) is 23.1 Å². The average Bonchev–Trinajstić information content (AvgIpc) is 3.49. The van der Waals surface area contributed by atoms with Crippen molar-refractivity contribution in [3.63, 3.8) is 0 Å². The second-order valence-corrected chi connectivity index (χ2v) is 15.3. The van der Waals surface area contributed by atoms with E-state index in [4.69, 9.17) is 9.47 Å². The number of amides is 4. The van der Waals surface area contributed by atoms with E-state index in [2.05, 4.69) is 68.6 Å². The van der Waals surface area contributed by atoms with E-state index < -0.39 is 29.7 Å². The smallest absolute Gasteiger partial charge is 0.262 e. The van der Waals surface area contributed by atoms with Gasteiger partial charge in [0.1, 0.15) is 29.9 Å². The van der Waals surface area contributed by atoms with Crippen LogP contribution in [0.25, 0.3) is 0 Å². The van der Waals surface area contributed by atoms with Gasteiger partial charge in [0, 0.05) is 51.1 Å². The Hall–Kier alpha value is -6.53. The highest BCUT2D eigenvalue weighted by Crippen LogP contribution is 2.47. The molecule has 3 unspecified atom stereocenters. The van der Waals surface area contributed by atoms with Crippen molar-refractivity contribution in [2.24, 2.45) is 0 Å². The van der Waals surface area contributed by atoms with E-state index in [9.17, 15) is 24.3 Å². The van der Waals surface area contributed by atoms with Crippen LogP contribution in [0.15, 0.2) is 109 Å². The third-order valence-electron chi connectivity index (χ3n) is 11.8. The topological polar surface area (TPSA) is 142 Å². The molecule has 12 heteroatoms. The van der Waals surface area contributed by atoms with Crippen LogP contribution in [0.2, 0.25) is 0 Å². The van der Waals surface area contributed by atoms with Crippen molar-refractivity contribution < 1.29 is 33.8 Å². The molecule has 9 rings (SSSR count). The minimum Gasteiger partial charge on any atom is -0.508 e. The Balaban J connectivity index is 0.764. The number of hydrogen-bond acceptors (Lipinski definition) is 10. The van der Waals surface area contributed by atoms with Crippen LogP contribution in [0.3, 0.4) is 0 Å². The number of carbonyl (C=O) groups is 4. The zero-order valence-corrected chi connectivity index (χ0v) is 31.9. The van der Waals surface area contributed by atoms with E-state index in [0.717, 1.165) is 49.6 Å². The van der Waals surface area contributed by atoms with Gasteiger partial charge in [0.15, 0.2) is 0 Å². The van der Waals surface area contributed by atoms with Crippen molar-refractivity contribution in [1.29, 1.82) is 0 Å². The van der Waals surface area contributed by atoms with Gasteiger partial charge in [0.25, 0.3) is 11.8 Å². The zero-order valence-electron chi connectivity index (χ0n) is 31.9. The minimum absolute atomic E-state index is 0.0729. The van der Waals surface area contributed by atoms with Crippen LogP contribution < -0.4 is 19.7 Å². The molecule has 0 spiro atoms. The predicted octanol–water partition coefficient (Wildman–Crippen LogP) is 6.04. The number of aromatic nitrogens is 1. The number of nitrogens with one attached hydrogen (secondary N) is 1. The van der Waals surface area contributed by atoms with Gasteiger partial charge < -0.3 is 19.5 Å². The molecule has 12 nitrogen and oxygen atoms in total. The maximum Gasteiger partial charge on any atom is 0.262 e. The fourth-order valence-corrected chi connectivity index (χ4v) is 8.82. The first kappa shape index (κ1) is 37.1. The predicted molar refractivity (Wildman–Crippen MR) is 215 cm³/mol. The second-order valence-electron chi connectivity index (χ2n) is 15.3. The third-order valence-corrected chi connectivity index (χ3v) is 11.8. The number of rotatable bonds is 10. The van der Waals surface area contributed by atoms with Crippen LogP contribution in [0.1, 0.15) is 74.1 Å². The number of nitrogens with zero attached hydrogens (tertiary/aromatic N) is 4. The Labute approximate surface area is 336 Å². The molecule has 2 saturated heterocycles. The normalized spacial score (nSPS) is 20.7. The first-order valence-electron chi connectivity index (χ1n) is 19.9. The molecule has 1 aromatic heterocycles. The number of ether oxygens (including phenoxy) is 2. The molecule has 0 radical (unpaired) electrons. The number of anilines is 1. The molecule has 5 aromatic rings. The summed E-state index contributed by atoms with van der Waals surface area (Å²) in [6.07, 6.45) is 3.97. The maximum atomic E-state index is 13.2. The van der Waals surface area contributed by atoms with Crippen molar-refractivity contribution >= 4 is 29.3 Å². The molecular weight excluding hydrogens is 735 g/mol. The number of benzene rings is 4. The Morgan fingerprint density at radius 3 is 2.28 bits per heavy atom. The lowest BCUT2D eigenvalue weighted by Crippen LogP contribution is -2.54. The molecular formula is C46H43N5O7. The first-order chi connectivity index (χ1) is 28.3. The number of imide groups is 2. The molecule has 0 saturated carbocycles. The van der Waals surface area contributed by atoms with Gasteiger partial charge in [0.2, 0.25) is 17.7 Å². The van der Waals surface area contributed by atoms with Crippen molar-refractivity contribution in [2.75, 3.05) is 44.2 Å². The Bertz CT molecular complexity index is 2360. The van der Waals surface area contributed by atoms with Crippen molar-refractivity contribution in [2.45, 2.75) is 43.6 Å². The van der Waals surface area contributed by atoms with Crippen LogP contribution in [0, 0.1) is 0 Å². The zero-order chi connectivity index (χ0) is 39.8. The fourth-order valence-electron chi connectivity index (χ4n) is 8.82. The Kier molecular flexibility index (Phi) is 10.1. The first-order valence-corrected chi connectivity index (χ1v) is 19.9. The third kappa shape index (κ3) is 7.38. The van der Waals surface area contributed by atoms with E-state index in [-0.39, 0.29) is 29.9 Å². The summed E-state index contributed by atoms with van der Waals surface area (Å²) in [5, 5.41) is 12.4. The number of phenolic OH excluding ortho intramolecular Hbond substituents is 1. The van der Waals surface area contributed by atoms with Gasteiger partial charge >= 0.3 is 0 Å².